The fraction of sp³-hybridized carbons (Fsp3) is 0.286. The van der Waals surface area contributed by atoms with Crippen LogP contribution >= 0.6 is 0 Å². The second-order valence-electron chi connectivity index (χ2n) is 19.4. The molecule has 0 saturated heterocycles. The van der Waals surface area contributed by atoms with Crippen LogP contribution in [0.5, 0.6) is 11.8 Å². The van der Waals surface area contributed by atoms with Crippen LogP contribution in [0.1, 0.15) is 75.7 Å². The maximum Gasteiger partial charge on any atom is 0.254 e. The highest BCUT2D eigenvalue weighted by Gasteiger charge is 2.40. The lowest BCUT2D eigenvalue weighted by Crippen LogP contribution is -2.40. The Bertz CT molecular complexity index is 3650. The summed E-state index contributed by atoms with van der Waals surface area (Å²) in [6, 6.07) is 29.5. The molecule has 78 heavy (non-hydrogen) atoms. The van der Waals surface area contributed by atoms with Crippen LogP contribution in [0.4, 0.5) is 23.3 Å². The molecule has 2 saturated carbocycles. The van der Waals surface area contributed by atoms with Gasteiger partial charge in [0.15, 0.2) is 12.2 Å². The summed E-state index contributed by atoms with van der Waals surface area (Å²) in [6.45, 7) is 3.67. The first-order valence-electron chi connectivity index (χ1n) is 25.5. The van der Waals surface area contributed by atoms with E-state index in [1.807, 2.05) is 109 Å². The van der Waals surface area contributed by atoms with Gasteiger partial charge >= 0.3 is 0 Å². The van der Waals surface area contributed by atoms with Gasteiger partial charge in [-0.1, -0.05) is 12.1 Å². The molecule has 2 N–H and O–H groups in total. The van der Waals surface area contributed by atoms with Gasteiger partial charge in [0.25, 0.3) is 11.8 Å². The minimum atomic E-state index is -0.401. The zero-order valence-corrected chi connectivity index (χ0v) is 42.8. The lowest BCUT2D eigenvalue weighted by atomic mass is 9.78. The van der Waals surface area contributed by atoms with Gasteiger partial charge in [-0.3, -0.25) is 9.36 Å². The number of aryl methyl sites for hydroxylation is 2. The van der Waals surface area contributed by atoms with Crippen molar-refractivity contribution in [3.05, 3.63) is 153 Å². The molecular formula is C56H53N17O5. The molecule has 0 amide bonds. The number of rotatable bonds is 16. The van der Waals surface area contributed by atoms with E-state index in [2.05, 4.69) is 63.3 Å². The van der Waals surface area contributed by atoms with Crippen molar-refractivity contribution < 1.29 is 22.9 Å². The molecule has 0 spiro atoms. The van der Waals surface area contributed by atoms with Crippen LogP contribution in [-0.2, 0) is 11.1 Å². The summed E-state index contributed by atoms with van der Waals surface area (Å²) in [5.41, 5.74) is 5.96. The second kappa shape index (κ2) is 22.5. The van der Waals surface area contributed by atoms with E-state index in [1.165, 1.54) is 6.39 Å². The quantitative estimate of drug-likeness (QED) is 0.0910. The van der Waals surface area contributed by atoms with Gasteiger partial charge in [0.1, 0.15) is 23.7 Å². The number of anilines is 4. The van der Waals surface area contributed by atoms with Crippen molar-refractivity contribution in [1.82, 2.24) is 64.6 Å². The third-order valence-corrected chi connectivity index (χ3v) is 14.1. The Kier molecular flexibility index (Phi) is 14.5. The minimum absolute atomic E-state index is 0.0226. The topological polar surface area (TPSA) is 273 Å². The van der Waals surface area contributed by atoms with E-state index in [-0.39, 0.29) is 12.2 Å². The largest absolute Gasteiger partial charge is 0.472 e. The molecule has 0 bridgehead atoms. The Morgan fingerprint density at radius 3 is 1.68 bits per heavy atom. The van der Waals surface area contributed by atoms with E-state index in [4.69, 9.17) is 32.9 Å². The van der Waals surface area contributed by atoms with Crippen LogP contribution < -0.4 is 20.1 Å². The molecule has 2 aliphatic carbocycles. The van der Waals surface area contributed by atoms with E-state index >= 15 is 0 Å². The van der Waals surface area contributed by atoms with E-state index in [9.17, 15) is 10.5 Å². The summed E-state index contributed by atoms with van der Waals surface area (Å²) in [4.78, 5) is 22.2. The SMILES string of the molecule is Cc1cc(OC2CCC(CC#N)(n3cc(-c4ccnc(Nc5ccc(-n6cccn6)cc5)n4)cn3)CC2)no1.Cc1cc(OC2CCC(CC#N)(n3cc(-c4ccnc(Nc5cccc(-c6cnco6)c5)n4)cn3)CC2)no1. The molecular weight excluding hydrogens is 991 g/mol. The number of hydrogen-bond donors (Lipinski definition) is 2. The average molecular weight is 1040 g/mol. The normalized spacial score (nSPS) is 18.9. The van der Waals surface area contributed by atoms with Crippen LogP contribution in [0.15, 0.2) is 154 Å². The lowest BCUT2D eigenvalue weighted by molar-refractivity contribution is 0.0733. The van der Waals surface area contributed by atoms with Gasteiger partial charge in [-0.25, -0.2) is 29.6 Å². The highest BCUT2D eigenvalue weighted by atomic mass is 16.5. The lowest BCUT2D eigenvalue weighted by Gasteiger charge is -2.38. The molecule has 0 aliphatic heterocycles. The zero-order chi connectivity index (χ0) is 53.3. The molecule has 8 aromatic heterocycles. The maximum absolute atomic E-state index is 9.65. The van der Waals surface area contributed by atoms with Crippen molar-refractivity contribution in [2.45, 2.75) is 101 Å². The standard InChI is InChI=1S/C28H27N9O2.C28H26N8O3/c1-20-17-26(35-39-20)38-24-7-10-28(11-8-24,12-13-29)37-19-21(18-32-37)25-9-15-30-27(34-25)33-22-3-5-23(6-4-22)36-16-2-14-31-36;1-19-13-26(35-39-19)38-23-5-8-28(9-6-23,10-11-29)36-17-21(15-32-36)24-7-12-31-27(34-24)33-22-4-2-3-20(14-22)25-16-30-18-37-25/h2-6,9,14-19,24H,7-8,10-12H2,1H3,(H,30,33,34);2-4,7,12-18,23H,5-6,8-10H2,1H3,(H,31,33,34). The number of hydrogen-bond acceptors (Lipinski definition) is 19. The molecule has 2 aliphatic rings. The van der Waals surface area contributed by atoms with Crippen LogP contribution in [0.2, 0.25) is 0 Å². The molecule has 2 aromatic carbocycles. The number of nitrogens with zero attached hydrogens (tertiary/aromatic N) is 15. The number of nitriles is 2. The molecule has 0 atom stereocenters. The third-order valence-electron chi connectivity index (χ3n) is 14.1. The van der Waals surface area contributed by atoms with Crippen LogP contribution in [0.25, 0.3) is 39.5 Å². The second-order valence-corrected chi connectivity index (χ2v) is 19.4. The third kappa shape index (κ3) is 11.5. The molecule has 12 rings (SSSR count). The van der Waals surface area contributed by atoms with Crippen molar-refractivity contribution in [3.63, 3.8) is 0 Å². The van der Waals surface area contributed by atoms with E-state index < -0.39 is 11.1 Å². The molecule has 0 unspecified atom stereocenters. The smallest absolute Gasteiger partial charge is 0.254 e. The summed E-state index contributed by atoms with van der Waals surface area (Å²) in [5.74, 6) is 4.07. The van der Waals surface area contributed by atoms with Crippen LogP contribution in [-0.4, -0.2) is 76.8 Å². The maximum atomic E-state index is 9.65. The van der Waals surface area contributed by atoms with Gasteiger partial charge in [-0.2, -0.15) is 25.8 Å². The first-order chi connectivity index (χ1) is 38.2. The Morgan fingerprint density at radius 2 is 1.19 bits per heavy atom. The highest BCUT2D eigenvalue weighted by Crippen LogP contribution is 2.41. The first-order valence-corrected chi connectivity index (χ1v) is 25.5. The van der Waals surface area contributed by atoms with Crippen molar-refractivity contribution in [1.29, 1.82) is 10.5 Å². The molecule has 2 fully saturated rings. The van der Waals surface area contributed by atoms with Gasteiger partial charge in [0.05, 0.1) is 71.7 Å². The zero-order valence-electron chi connectivity index (χ0n) is 42.8. The van der Waals surface area contributed by atoms with Gasteiger partial charge in [-0.15, -0.1) is 0 Å². The molecule has 22 heteroatoms. The monoisotopic (exact) mass is 1040 g/mol. The Hall–Kier alpha value is -9.96. The summed E-state index contributed by atoms with van der Waals surface area (Å²) in [6.07, 6.45) is 24.7. The fourth-order valence-electron chi connectivity index (χ4n) is 9.98. The summed E-state index contributed by atoms with van der Waals surface area (Å²) in [7, 11) is 0. The summed E-state index contributed by atoms with van der Waals surface area (Å²) in [5, 5.41) is 47.3. The Morgan fingerprint density at radius 1 is 0.628 bits per heavy atom. The van der Waals surface area contributed by atoms with Crippen LogP contribution in [0.3, 0.4) is 0 Å². The first kappa shape index (κ1) is 50.2. The fourth-order valence-corrected chi connectivity index (χ4v) is 9.98. The Labute approximate surface area is 447 Å². The predicted octanol–water partition coefficient (Wildman–Crippen LogP) is 10.9. The molecule has 10 aromatic rings. The predicted molar refractivity (Wildman–Crippen MR) is 283 cm³/mol. The number of oxazole rings is 1. The van der Waals surface area contributed by atoms with Crippen LogP contribution in [0, 0.1) is 36.5 Å². The van der Waals surface area contributed by atoms with Crippen molar-refractivity contribution in [2.75, 3.05) is 10.6 Å². The number of benzene rings is 2. The average Bonchev–Trinajstić information content (AvgIpc) is 4.37. The van der Waals surface area contributed by atoms with Crippen molar-refractivity contribution >= 4 is 23.3 Å². The number of ether oxygens (including phenoxy) is 2. The minimum Gasteiger partial charge on any atom is -0.472 e. The van der Waals surface area contributed by atoms with Gasteiger partial charge in [0, 0.05) is 77.4 Å². The molecule has 392 valence electrons. The summed E-state index contributed by atoms with van der Waals surface area (Å²) < 4.78 is 33.3. The molecule has 8 heterocycles. The van der Waals surface area contributed by atoms with Gasteiger partial charge in [-0.05, 0) is 130 Å². The molecule has 22 nitrogen and oxygen atoms in total. The van der Waals surface area contributed by atoms with Gasteiger partial charge < -0.3 is 33.6 Å². The molecule has 0 radical (unpaired) electrons. The number of nitrogens with one attached hydrogen (secondary N) is 2. The highest BCUT2D eigenvalue weighted by molar-refractivity contribution is 5.67. The van der Waals surface area contributed by atoms with E-state index in [0.717, 1.165) is 102 Å². The van der Waals surface area contributed by atoms with E-state index in [1.54, 1.807) is 54.0 Å². The van der Waals surface area contributed by atoms with Crippen molar-refractivity contribution in [3.8, 4) is 63.4 Å². The van der Waals surface area contributed by atoms with Crippen molar-refractivity contribution in [2.24, 2.45) is 0 Å². The van der Waals surface area contributed by atoms with Gasteiger partial charge in [0.2, 0.25) is 11.9 Å². The van der Waals surface area contributed by atoms with E-state index in [0.29, 0.717) is 48.0 Å². The Balaban J connectivity index is 0.000000165. The summed E-state index contributed by atoms with van der Waals surface area (Å²) >= 11 is 0. The number of aromatic nitrogens is 13.